The maximum atomic E-state index is 12.6. The molecule has 0 spiro atoms. The Kier molecular flexibility index (Phi) is 9.58. The molecular weight excluding hydrogens is 474 g/mol. The Labute approximate surface area is 203 Å². The first-order valence-corrected chi connectivity index (χ1v) is 13.6. The molecule has 1 amide bonds. The van der Waals surface area contributed by atoms with E-state index < -0.39 is 15.7 Å². The molecule has 0 unspecified atom stereocenters. The van der Waals surface area contributed by atoms with Crippen LogP contribution in [-0.4, -0.2) is 43.5 Å². The van der Waals surface area contributed by atoms with Gasteiger partial charge in [-0.15, -0.1) is 11.3 Å². The van der Waals surface area contributed by atoms with Crippen LogP contribution in [0.25, 0.3) is 11.1 Å². The van der Waals surface area contributed by atoms with Crippen molar-refractivity contribution < 1.29 is 23.2 Å². The van der Waals surface area contributed by atoms with Crippen LogP contribution in [0.15, 0.2) is 58.8 Å². The van der Waals surface area contributed by atoms with E-state index in [-0.39, 0.29) is 17.1 Å². The zero-order valence-corrected chi connectivity index (χ0v) is 20.6. The van der Waals surface area contributed by atoms with Crippen LogP contribution in [-0.2, 0) is 25.8 Å². The third-order valence-electron chi connectivity index (χ3n) is 5.12. The topological polar surface area (TPSA) is 118 Å². The summed E-state index contributed by atoms with van der Waals surface area (Å²) >= 11 is 1.58. The van der Waals surface area contributed by atoms with Gasteiger partial charge in [0.1, 0.15) is 0 Å². The summed E-state index contributed by atoms with van der Waals surface area (Å²) < 4.78 is 30.5. The van der Waals surface area contributed by atoms with Crippen molar-refractivity contribution in [2.75, 3.05) is 24.3 Å². The first-order valence-electron chi connectivity index (χ1n) is 11.1. The van der Waals surface area contributed by atoms with Gasteiger partial charge in [-0.2, -0.15) is 0 Å². The molecule has 10 heteroatoms. The monoisotopic (exact) mass is 503 g/mol. The molecule has 0 atom stereocenters. The molecule has 3 rings (SSSR count). The molecule has 2 aromatic carbocycles. The van der Waals surface area contributed by atoms with E-state index in [9.17, 15) is 13.2 Å². The highest BCUT2D eigenvalue weighted by atomic mass is 32.2. The molecule has 0 aliphatic heterocycles. The van der Waals surface area contributed by atoms with E-state index in [1.807, 2.05) is 41.8 Å². The SMILES string of the molecule is CCc1csc(Nc2ccc(-c3ccc(S(=O)(=O)CCCOCCCC(=O)NO)cc3)cc2)n1. The van der Waals surface area contributed by atoms with E-state index in [1.54, 1.807) is 28.9 Å². The summed E-state index contributed by atoms with van der Waals surface area (Å²) in [7, 11) is -3.40. The molecule has 8 nitrogen and oxygen atoms in total. The van der Waals surface area contributed by atoms with E-state index in [0.29, 0.717) is 26.1 Å². The summed E-state index contributed by atoms with van der Waals surface area (Å²) in [6, 6.07) is 14.8. The summed E-state index contributed by atoms with van der Waals surface area (Å²) in [6.45, 7) is 2.70. The molecule has 3 aromatic rings. The van der Waals surface area contributed by atoms with Crippen LogP contribution in [0.5, 0.6) is 0 Å². The third-order valence-corrected chi connectivity index (χ3v) is 7.74. The minimum atomic E-state index is -3.40. The lowest BCUT2D eigenvalue weighted by atomic mass is 10.1. The number of hydrogen-bond donors (Lipinski definition) is 3. The number of ether oxygens (including phenoxy) is 1. The molecule has 0 radical (unpaired) electrons. The predicted octanol–water partition coefficient (Wildman–Crippen LogP) is 4.58. The fourth-order valence-electron chi connectivity index (χ4n) is 3.21. The van der Waals surface area contributed by atoms with Gasteiger partial charge in [-0.05, 0) is 54.7 Å². The lowest BCUT2D eigenvalue weighted by Crippen LogP contribution is -2.18. The maximum absolute atomic E-state index is 12.6. The summed E-state index contributed by atoms with van der Waals surface area (Å²) in [5.74, 6) is -0.483. The maximum Gasteiger partial charge on any atom is 0.243 e. The number of aryl methyl sites for hydroxylation is 1. The van der Waals surface area contributed by atoms with Gasteiger partial charge in [0.25, 0.3) is 0 Å². The second-order valence-electron chi connectivity index (χ2n) is 7.65. The number of hydrogen-bond acceptors (Lipinski definition) is 8. The van der Waals surface area contributed by atoms with Crippen molar-refractivity contribution in [2.45, 2.75) is 37.5 Å². The Bertz CT molecular complexity index is 1160. The van der Waals surface area contributed by atoms with Crippen LogP contribution < -0.4 is 10.8 Å². The van der Waals surface area contributed by atoms with Gasteiger partial charge in [-0.1, -0.05) is 31.2 Å². The van der Waals surface area contributed by atoms with Crippen LogP contribution in [0, 0.1) is 0 Å². The van der Waals surface area contributed by atoms with Crippen molar-refractivity contribution in [3.63, 3.8) is 0 Å². The van der Waals surface area contributed by atoms with E-state index in [4.69, 9.17) is 9.94 Å². The van der Waals surface area contributed by atoms with Crippen LogP contribution in [0.2, 0.25) is 0 Å². The molecule has 0 aliphatic rings. The van der Waals surface area contributed by atoms with Crippen molar-refractivity contribution in [2.24, 2.45) is 0 Å². The van der Waals surface area contributed by atoms with Crippen LogP contribution >= 0.6 is 11.3 Å². The number of benzene rings is 2. The first kappa shape index (κ1) is 25.8. The van der Waals surface area contributed by atoms with Gasteiger partial charge in [0.2, 0.25) is 5.91 Å². The summed E-state index contributed by atoms with van der Waals surface area (Å²) in [5.41, 5.74) is 5.49. The Morgan fingerprint density at radius 1 is 1.03 bits per heavy atom. The molecule has 182 valence electrons. The number of rotatable bonds is 13. The number of carbonyl (C=O) groups is 1. The van der Waals surface area contributed by atoms with E-state index in [2.05, 4.69) is 17.2 Å². The minimum absolute atomic E-state index is 0.0136. The van der Waals surface area contributed by atoms with E-state index in [1.165, 1.54) is 0 Å². The molecule has 0 saturated heterocycles. The molecule has 0 bridgehead atoms. The molecule has 1 aromatic heterocycles. The number of nitrogens with one attached hydrogen (secondary N) is 2. The zero-order chi connectivity index (χ0) is 24.4. The molecule has 0 aliphatic carbocycles. The molecular formula is C24H29N3O5S2. The summed E-state index contributed by atoms with van der Waals surface area (Å²) in [4.78, 5) is 15.7. The highest BCUT2D eigenvalue weighted by molar-refractivity contribution is 7.91. The van der Waals surface area contributed by atoms with Crippen LogP contribution in [0.4, 0.5) is 10.8 Å². The Morgan fingerprint density at radius 2 is 1.68 bits per heavy atom. The molecule has 0 fully saturated rings. The fraction of sp³-hybridized carbons (Fsp3) is 0.333. The molecule has 34 heavy (non-hydrogen) atoms. The number of amides is 1. The van der Waals surface area contributed by atoms with Crippen molar-refractivity contribution in [1.82, 2.24) is 10.5 Å². The largest absolute Gasteiger partial charge is 0.381 e. The number of aromatic nitrogens is 1. The number of thiazole rings is 1. The van der Waals surface area contributed by atoms with E-state index >= 15 is 0 Å². The van der Waals surface area contributed by atoms with Crippen LogP contribution in [0.3, 0.4) is 0 Å². The highest BCUT2D eigenvalue weighted by Crippen LogP contribution is 2.26. The number of carbonyl (C=O) groups excluding carboxylic acids is 1. The van der Waals surface area contributed by atoms with Gasteiger partial charge < -0.3 is 10.1 Å². The molecule has 1 heterocycles. The van der Waals surface area contributed by atoms with Crippen LogP contribution in [0.1, 0.15) is 31.9 Å². The lowest BCUT2D eigenvalue weighted by Gasteiger charge is -2.08. The van der Waals surface area contributed by atoms with Gasteiger partial charge >= 0.3 is 0 Å². The fourth-order valence-corrected chi connectivity index (χ4v) is 5.31. The highest BCUT2D eigenvalue weighted by Gasteiger charge is 2.14. The van der Waals surface area contributed by atoms with Crippen molar-refractivity contribution in [1.29, 1.82) is 0 Å². The second-order valence-corrected chi connectivity index (χ2v) is 10.6. The normalized spacial score (nSPS) is 11.4. The second kappa shape index (κ2) is 12.6. The van der Waals surface area contributed by atoms with Crippen molar-refractivity contribution >= 4 is 37.9 Å². The number of sulfone groups is 1. The predicted molar refractivity (Wildman–Crippen MR) is 133 cm³/mol. The number of anilines is 2. The quantitative estimate of drug-likeness (QED) is 0.177. The summed E-state index contributed by atoms with van der Waals surface area (Å²) in [5, 5.41) is 14.6. The average Bonchev–Trinajstić information content (AvgIpc) is 3.31. The Hall–Kier alpha value is -2.79. The van der Waals surface area contributed by atoms with Gasteiger partial charge in [0, 0.05) is 30.7 Å². The summed E-state index contributed by atoms with van der Waals surface area (Å²) in [6.07, 6.45) is 1.89. The van der Waals surface area contributed by atoms with Crippen molar-refractivity contribution in [3.8, 4) is 11.1 Å². The third kappa shape index (κ3) is 7.63. The average molecular weight is 504 g/mol. The van der Waals surface area contributed by atoms with E-state index in [0.717, 1.165) is 34.1 Å². The Morgan fingerprint density at radius 3 is 2.29 bits per heavy atom. The minimum Gasteiger partial charge on any atom is -0.381 e. The smallest absolute Gasteiger partial charge is 0.243 e. The number of hydroxylamine groups is 1. The van der Waals surface area contributed by atoms with Gasteiger partial charge in [-0.3, -0.25) is 10.0 Å². The Balaban J connectivity index is 1.49. The zero-order valence-electron chi connectivity index (χ0n) is 19.0. The van der Waals surface area contributed by atoms with Gasteiger partial charge in [-0.25, -0.2) is 18.9 Å². The number of nitrogens with zero attached hydrogens (tertiary/aromatic N) is 1. The van der Waals surface area contributed by atoms with Gasteiger partial charge in [0.05, 0.1) is 16.3 Å². The first-order chi connectivity index (χ1) is 16.4. The standard InChI is InChI=1S/C24H29N3O5S2/c1-2-20-17-33-24(25-20)26-21-10-6-18(7-11-21)19-8-12-22(13-9-19)34(30,31)16-4-15-32-14-3-5-23(28)27-29/h6-13,17,29H,2-5,14-16H2,1H3,(H,25,26)(H,27,28). The lowest BCUT2D eigenvalue weighted by molar-refractivity contribution is -0.129. The van der Waals surface area contributed by atoms with Crippen molar-refractivity contribution in [3.05, 3.63) is 59.6 Å². The molecule has 3 N–H and O–H groups in total. The van der Waals surface area contributed by atoms with Gasteiger partial charge in [0.15, 0.2) is 15.0 Å². The molecule has 0 saturated carbocycles.